The molecule has 0 unspecified atom stereocenters. The molecule has 1 aromatic heterocycles. The van der Waals surface area contributed by atoms with Crippen LogP contribution in [0, 0.1) is 0 Å². The van der Waals surface area contributed by atoms with E-state index in [1.165, 1.54) is 0 Å². The molecule has 0 amide bonds. The Morgan fingerprint density at radius 2 is 2.47 bits per heavy atom. The molecule has 0 saturated carbocycles. The molecule has 0 spiro atoms. The van der Waals surface area contributed by atoms with Gasteiger partial charge in [-0.05, 0) is 13.0 Å². The Balaban J connectivity index is 2.00. The third-order valence-electron chi connectivity index (χ3n) is 1.85. The smallest absolute Gasteiger partial charge is 0.0762 e. The summed E-state index contributed by atoms with van der Waals surface area (Å²) in [5, 5.41) is 7.51. The number of aromatic nitrogens is 2. The molecule has 1 aromatic rings. The number of hydrogen-bond donors (Lipinski definition) is 1. The van der Waals surface area contributed by atoms with E-state index >= 15 is 0 Å². The van der Waals surface area contributed by atoms with E-state index in [0.717, 1.165) is 24.4 Å². The summed E-state index contributed by atoms with van der Waals surface area (Å²) in [6, 6.07) is 2.00. The van der Waals surface area contributed by atoms with Gasteiger partial charge >= 0.3 is 0 Å². The maximum Gasteiger partial charge on any atom is 0.0762 e. The van der Waals surface area contributed by atoms with E-state index in [1.54, 1.807) is 4.68 Å². The predicted octanol–water partition coefficient (Wildman–Crippen LogP) is 1.10. The van der Waals surface area contributed by atoms with E-state index in [0.29, 0.717) is 13.2 Å². The van der Waals surface area contributed by atoms with Gasteiger partial charge in [0.25, 0.3) is 0 Å². The zero-order valence-corrected chi connectivity index (χ0v) is 9.49. The molecule has 0 bridgehead atoms. The Morgan fingerprint density at radius 1 is 1.67 bits per heavy atom. The van der Waals surface area contributed by atoms with Gasteiger partial charge in [-0.1, -0.05) is 12.2 Å². The Bertz CT molecular complexity index is 307. The molecule has 84 valence electrons. The highest BCUT2D eigenvalue weighted by molar-refractivity contribution is 4.97. The third-order valence-corrected chi connectivity index (χ3v) is 1.85. The fourth-order valence-electron chi connectivity index (χ4n) is 1.16. The van der Waals surface area contributed by atoms with Gasteiger partial charge in [0, 0.05) is 26.3 Å². The zero-order valence-electron chi connectivity index (χ0n) is 9.49. The molecular formula is C11H19N3O. The quantitative estimate of drug-likeness (QED) is 0.540. The van der Waals surface area contributed by atoms with Gasteiger partial charge in [-0.15, -0.1) is 0 Å². The second-order valence-electron chi connectivity index (χ2n) is 3.67. The number of nitrogens with one attached hydrogen (secondary N) is 1. The number of ether oxygens (including phenoxy) is 1. The fraction of sp³-hybridized carbons (Fsp3) is 0.545. The van der Waals surface area contributed by atoms with Crippen molar-refractivity contribution in [3.05, 3.63) is 30.1 Å². The predicted molar refractivity (Wildman–Crippen MR) is 60.5 cm³/mol. The Kier molecular flexibility index (Phi) is 5.07. The van der Waals surface area contributed by atoms with E-state index in [-0.39, 0.29) is 0 Å². The van der Waals surface area contributed by atoms with E-state index in [9.17, 15) is 0 Å². The summed E-state index contributed by atoms with van der Waals surface area (Å²) in [5.41, 5.74) is 2.11. The molecule has 1 heterocycles. The van der Waals surface area contributed by atoms with Gasteiger partial charge in [0.05, 0.1) is 18.9 Å². The summed E-state index contributed by atoms with van der Waals surface area (Å²) >= 11 is 0. The molecule has 0 aliphatic rings. The van der Waals surface area contributed by atoms with E-state index in [1.807, 2.05) is 26.2 Å². The summed E-state index contributed by atoms with van der Waals surface area (Å²) in [4.78, 5) is 0. The normalized spacial score (nSPS) is 10.5. The number of rotatable bonds is 7. The maximum atomic E-state index is 5.35. The van der Waals surface area contributed by atoms with Gasteiger partial charge in [0.2, 0.25) is 0 Å². The van der Waals surface area contributed by atoms with Crippen LogP contribution >= 0.6 is 0 Å². The molecular weight excluding hydrogens is 190 g/mol. The average molecular weight is 209 g/mol. The molecule has 0 aliphatic carbocycles. The highest BCUT2D eigenvalue weighted by atomic mass is 16.5. The zero-order chi connectivity index (χ0) is 11.1. The Hall–Kier alpha value is -1.13. The van der Waals surface area contributed by atoms with Gasteiger partial charge in [0.15, 0.2) is 0 Å². The summed E-state index contributed by atoms with van der Waals surface area (Å²) in [6.45, 7) is 8.70. The highest BCUT2D eigenvalue weighted by Gasteiger charge is 1.95. The molecule has 0 saturated heterocycles. The first-order chi connectivity index (χ1) is 7.18. The standard InChI is InChI=1S/C11H19N3O/c1-10(2)9-15-7-5-12-8-11-4-6-14(3)13-11/h4,6,12H,1,5,7-9H2,2-3H3. The molecule has 1 N–H and O–H groups in total. The second-order valence-corrected chi connectivity index (χ2v) is 3.67. The molecule has 0 atom stereocenters. The molecule has 0 radical (unpaired) electrons. The number of aryl methyl sites for hydroxylation is 1. The highest BCUT2D eigenvalue weighted by Crippen LogP contribution is 1.92. The lowest BCUT2D eigenvalue weighted by Crippen LogP contribution is -2.20. The molecule has 4 nitrogen and oxygen atoms in total. The number of nitrogens with zero attached hydrogens (tertiary/aromatic N) is 2. The van der Waals surface area contributed by atoms with Crippen molar-refractivity contribution in [1.29, 1.82) is 0 Å². The lowest BCUT2D eigenvalue weighted by Gasteiger charge is -2.04. The van der Waals surface area contributed by atoms with E-state index < -0.39 is 0 Å². The van der Waals surface area contributed by atoms with Crippen LogP contribution < -0.4 is 5.32 Å². The monoisotopic (exact) mass is 209 g/mol. The molecule has 4 heteroatoms. The van der Waals surface area contributed by atoms with Crippen LogP contribution in [0.1, 0.15) is 12.6 Å². The van der Waals surface area contributed by atoms with Crippen molar-refractivity contribution in [2.75, 3.05) is 19.8 Å². The van der Waals surface area contributed by atoms with Gasteiger partial charge in [-0.25, -0.2) is 0 Å². The van der Waals surface area contributed by atoms with Crippen molar-refractivity contribution in [2.24, 2.45) is 7.05 Å². The van der Waals surface area contributed by atoms with Crippen molar-refractivity contribution in [3.63, 3.8) is 0 Å². The lowest BCUT2D eigenvalue weighted by atomic mass is 10.4. The van der Waals surface area contributed by atoms with Crippen LogP contribution in [-0.2, 0) is 18.3 Å². The van der Waals surface area contributed by atoms with Gasteiger partial charge in [-0.3, -0.25) is 4.68 Å². The summed E-state index contributed by atoms with van der Waals surface area (Å²) in [7, 11) is 1.92. The van der Waals surface area contributed by atoms with Crippen molar-refractivity contribution >= 4 is 0 Å². The molecule has 0 fully saturated rings. The topological polar surface area (TPSA) is 39.1 Å². The summed E-state index contributed by atoms with van der Waals surface area (Å²) < 4.78 is 7.15. The third kappa shape index (κ3) is 5.34. The molecule has 1 rings (SSSR count). The largest absolute Gasteiger partial charge is 0.376 e. The SMILES string of the molecule is C=C(C)COCCNCc1ccn(C)n1. The van der Waals surface area contributed by atoms with Crippen molar-refractivity contribution in [2.45, 2.75) is 13.5 Å². The minimum absolute atomic E-state index is 0.644. The summed E-state index contributed by atoms with van der Waals surface area (Å²) in [5.74, 6) is 0. The Morgan fingerprint density at radius 3 is 3.07 bits per heavy atom. The average Bonchev–Trinajstić information content (AvgIpc) is 2.57. The van der Waals surface area contributed by atoms with Crippen LogP contribution in [0.3, 0.4) is 0 Å². The van der Waals surface area contributed by atoms with Crippen molar-refractivity contribution < 1.29 is 4.74 Å². The second kappa shape index (κ2) is 6.37. The van der Waals surface area contributed by atoms with Crippen LogP contribution in [0.2, 0.25) is 0 Å². The van der Waals surface area contributed by atoms with Crippen LogP contribution in [-0.4, -0.2) is 29.5 Å². The first kappa shape index (κ1) is 11.9. The molecule has 15 heavy (non-hydrogen) atoms. The van der Waals surface area contributed by atoms with Crippen LogP contribution in [0.25, 0.3) is 0 Å². The maximum absolute atomic E-state index is 5.35. The minimum atomic E-state index is 0.644. The number of hydrogen-bond acceptors (Lipinski definition) is 3. The van der Waals surface area contributed by atoms with Crippen LogP contribution in [0.5, 0.6) is 0 Å². The van der Waals surface area contributed by atoms with Gasteiger partial charge in [0.1, 0.15) is 0 Å². The molecule has 0 aliphatic heterocycles. The van der Waals surface area contributed by atoms with E-state index in [4.69, 9.17) is 4.74 Å². The Labute approximate surface area is 90.9 Å². The first-order valence-electron chi connectivity index (χ1n) is 5.10. The molecule has 0 aromatic carbocycles. The van der Waals surface area contributed by atoms with Gasteiger partial charge < -0.3 is 10.1 Å². The van der Waals surface area contributed by atoms with Crippen molar-refractivity contribution in [1.82, 2.24) is 15.1 Å². The first-order valence-corrected chi connectivity index (χ1v) is 5.10. The van der Waals surface area contributed by atoms with Gasteiger partial charge in [-0.2, -0.15) is 5.10 Å². The van der Waals surface area contributed by atoms with Crippen molar-refractivity contribution in [3.8, 4) is 0 Å². The van der Waals surface area contributed by atoms with Crippen LogP contribution in [0.15, 0.2) is 24.4 Å². The van der Waals surface area contributed by atoms with E-state index in [2.05, 4.69) is 17.0 Å². The lowest BCUT2D eigenvalue weighted by molar-refractivity contribution is 0.157. The van der Waals surface area contributed by atoms with Crippen LogP contribution in [0.4, 0.5) is 0 Å². The minimum Gasteiger partial charge on any atom is -0.376 e. The summed E-state index contributed by atoms with van der Waals surface area (Å²) in [6.07, 6.45) is 1.94. The fourth-order valence-corrected chi connectivity index (χ4v) is 1.16.